The zero-order chi connectivity index (χ0) is 14.1. The van der Waals surface area contributed by atoms with Crippen molar-refractivity contribution in [2.75, 3.05) is 0 Å². The van der Waals surface area contributed by atoms with Crippen molar-refractivity contribution in [3.63, 3.8) is 0 Å². The Bertz CT molecular complexity index is 870. The first-order chi connectivity index (χ1) is 9.72. The van der Waals surface area contributed by atoms with Crippen molar-refractivity contribution in [1.29, 1.82) is 5.26 Å². The number of aryl methyl sites for hydroxylation is 1. The third-order valence-corrected chi connectivity index (χ3v) is 3.07. The Morgan fingerprint density at radius 2 is 2.05 bits per heavy atom. The Hall–Kier alpha value is -2.94. The van der Waals surface area contributed by atoms with Gasteiger partial charge in [-0.15, -0.1) is 0 Å². The van der Waals surface area contributed by atoms with Crippen LogP contribution in [0.3, 0.4) is 0 Å². The van der Waals surface area contributed by atoms with Crippen LogP contribution < -0.4 is 5.56 Å². The van der Waals surface area contributed by atoms with E-state index < -0.39 is 0 Å². The highest BCUT2D eigenvalue weighted by Crippen LogP contribution is 2.16. The third-order valence-electron chi connectivity index (χ3n) is 3.07. The molecule has 3 aromatic rings. The van der Waals surface area contributed by atoms with Gasteiger partial charge < -0.3 is 0 Å². The summed E-state index contributed by atoms with van der Waals surface area (Å²) in [4.78, 5) is 16.6. The molecule has 0 spiro atoms. The highest BCUT2D eigenvalue weighted by molar-refractivity contribution is 5.78. The number of hydrogen-bond donors (Lipinski definition) is 0. The monoisotopic (exact) mass is 265 g/mol. The molecule has 1 aromatic carbocycles. The second-order valence-corrected chi connectivity index (χ2v) is 4.37. The molecule has 0 aliphatic carbocycles. The molecule has 0 amide bonds. The van der Waals surface area contributed by atoms with E-state index in [4.69, 9.17) is 5.26 Å². The lowest BCUT2D eigenvalue weighted by Crippen LogP contribution is -2.20. The van der Waals surface area contributed by atoms with Crippen LogP contribution in [0.15, 0.2) is 41.5 Å². The van der Waals surface area contributed by atoms with Crippen LogP contribution in [0.4, 0.5) is 0 Å². The van der Waals surface area contributed by atoms with Crippen LogP contribution in [0.25, 0.3) is 16.7 Å². The van der Waals surface area contributed by atoms with Gasteiger partial charge in [0.1, 0.15) is 18.3 Å². The van der Waals surface area contributed by atoms with E-state index >= 15 is 0 Å². The van der Waals surface area contributed by atoms with Gasteiger partial charge in [0, 0.05) is 0 Å². The fourth-order valence-electron chi connectivity index (χ4n) is 2.14. The summed E-state index contributed by atoms with van der Waals surface area (Å²) >= 11 is 0. The summed E-state index contributed by atoms with van der Waals surface area (Å²) < 4.78 is 2.93. The maximum atomic E-state index is 12.3. The second kappa shape index (κ2) is 4.63. The van der Waals surface area contributed by atoms with Gasteiger partial charge in [-0.3, -0.25) is 9.36 Å². The molecule has 6 nitrogen and oxygen atoms in total. The molecule has 0 aliphatic rings. The lowest BCUT2D eigenvalue weighted by molar-refractivity contribution is 0.771. The van der Waals surface area contributed by atoms with Gasteiger partial charge in [-0.25, -0.2) is 9.67 Å². The molecule has 0 fully saturated rings. The van der Waals surface area contributed by atoms with E-state index in [2.05, 4.69) is 10.1 Å². The Labute approximate surface area is 114 Å². The van der Waals surface area contributed by atoms with Crippen molar-refractivity contribution >= 4 is 11.0 Å². The van der Waals surface area contributed by atoms with Crippen LogP contribution in [0.2, 0.25) is 0 Å². The van der Waals surface area contributed by atoms with Gasteiger partial charge >= 0.3 is 0 Å². The molecule has 0 atom stereocenters. The van der Waals surface area contributed by atoms with Crippen LogP contribution in [0.1, 0.15) is 5.69 Å². The Balaban J connectivity index is 2.32. The summed E-state index contributed by atoms with van der Waals surface area (Å²) in [5.41, 5.74) is 1.72. The molecule has 20 heavy (non-hydrogen) atoms. The first-order valence-corrected chi connectivity index (χ1v) is 6.09. The maximum Gasteiger partial charge on any atom is 0.265 e. The Morgan fingerprint density at radius 3 is 2.75 bits per heavy atom. The van der Waals surface area contributed by atoms with Crippen LogP contribution in [0.5, 0.6) is 0 Å². The summed E-state index contributed by atoms with van der Waals surface area (Å²) in [5.74, 6) is 0. The summed E-state index contributed by atoms with van der Waals surface area (Å²) in [6.45, 7) is 1.75. The standard InChI is InChI=1S/C14H11N5O/c1-10-12-13(16-9-18(8-7-15)14(12)20)19(17-10)11-5-3-2-4-6-11/h2-6,9H,8H2,1H3. The largest absolute Gasteiger partial charge is 0.285 e. The summed E-state index contributed by atoms with van der Waals surface area (Å²) in [7, 11) is 0. The van der Waals surface area contributed by atoms with E-state index in [1.165, 1.54) is 10.9 Å². The molecule has 0 unspecified atom stereocenters. The number of hydrogen-bond acceptors (Lipinski definition) is 4. The molecule has 2 aromatic heterocycles. The second-order valence-electron chi connectivity index (χ2n) is 4.37. The average Bonchev–Trinajstić information content (AvgIpc) is 2.81. The minimum atomic E-state index is -0.240. The molecule has 6 heteroatoms. The lowest BCUT2D eigenvalue weighted by Gasteiger charge is -2.03. The summed E-state index contributed by atoms with van der Waals surface area (Å²) in [6.07, 6.45) is 1.38. The number of aromatic nitrogens is 4. The van der Waals surface area contributed by atoms with Crippen molar-refractivity contribution in [2.45, 2.75) is 13.5 Å². The summed E-state index contributed by atoms with van der Waals surface area (Å²) in [6, 6.07) is 11.4. The summed E-state index contributed by atoms with van der Waals surface area (Å²) in [5, 5.41) is 13.5. The smallest absolute Gasteiger partial charge is 0.265 e. The molecule has 0 radical (unpaired) electrons. The van der Waals surface area contributed by atoms with E-state index in [1.807, 2.05) is 36.4 Å². The van der Waals surface area contributed by atoms with Gasteiger partial charge in [-0.1, -0.05) is 18.2 Å². The molecule has 2 heterocycles. The SMILES string of the molecule is Cc1nn(-c2ccccc2)c2ncn(CC#N)c(=O)c12. The third kappa shape index (κ3) is 1.77. The lowest BCUT2D eigenvalue weighted by atomic mass is 10.3. The van der Waals surface area contributed by atoms with E-state index in [-0.39, 0.29) is 12.1 Å². The van der Waals surface area contributed by atoms with Crippen molar-refractivity contribution in [2.24, 2.45) is 0 Å². The minimum absolute atomic E-state index is 0.0161. The van der Waals surface area contributed by atoms with Crippen molar-refractivity contribution in [3.8, 4) is 11.8 Å². The van der Waals surface area contributed by atoms with Crippen LogP contribution in [0, 0.1) is 18.3 Å². The molecule has 3 rings (SSSR count). The number of nitrogens with zero attached hydrogens (tertiary/aromatic N) is 5. The van der Waals surface area contributed by atoms with Gasteiger partial charge in [-0.05, 0) is 19.1 Å². The average molecular weight is 265 g/mol. The van der Waals surface area contributed by atoms with Crippen molar-refractivity contribution in [1.82, 2.24) is 19.3 Å². The molecular formula is C14H11N5O. The number of fused-ring (bicyclic) bond motifs is 1. The van der Waals surface area contributed by atoms with Crippen LogP contribution >= 0.6 is 0 Å². The molecular weight excluding hydrogens is 254 g/mol. The highest BCUT2D eigenvalue weighted by atomic mass is 16.1. The van der Waals surface area contributed by atoms with Crippen molar-refractivity contribution < 1.29 is 0 Å². The molecule has 0 aliphatic heterocycles. The van der Waals surface area contributed by atoms with Gasteiger partial charge in [-0.2, -0.15) is 10.4 Å². The van der Waals surface area contributed by atoms with Crippen LogP contribution in [-0.2, 0) is 6.54 Å². The Kier molecular flexibility index (Phi) is 2.80. The number of benzene rings is 1. The van der Waals surface area contributed by atoms with Gasteiger partial charge in [0.2, 0.25) is 0 Å². The topological polar surface area (TPSA) is 76.5 Å². The fourth-order valence-corrected chi connectivity index (χ4v) is 2.14. The van der Waals surface area contributed by atoms with Crippen LogP contribution in [-0.4, -0.2) is 19.3 Å². The number of nitriles is 1. The molecule has 0 N–H and O–H groups in total. The van der Waals surface area contributed by atoms with Gasteiger partial charge in [0.15, 0.2) is 5.65 Å². The predicted molar refractivity (Wildman–Crippen MR) is 73.5 cm³/mol. The Morgan fingerprint density at radius 1 is 1.30 bits per heavy atom. The number of para-hydroxylation sites is 1. The van der Waals surface area contributed by atoms with E-state index in [1.54, 1.807) is 11.6 Å². The van der Waals surface area contributed by atoms with Gasteiger partial charge in [0.05, 0.1) is 17.5 Å². The number of rotatable bonds is 2. The molecule has 98 valence electrons. The minimum Gasteiger partial charge on any atom is -0.285 e. The molecule has 0 bridgehead atoms. The van der Waals surface area contributed by atoms with Gasteiger partial charge in [0.25, 0.3) is 5.56 Å². The normalized spacial score (nSPS) is 10.6. The van der Waals surface area contributed by atoms with Crippen molar-refractivity contribution in [3.05, 3.63) is 52.7 Å². The predicted octanol–water partition coefficient (Wildman–Crippen LogP) is 1.41. The molecule has 0 saturated heterocycles. The first-order valence-electron chi connectivity index (χ1n) is 6.09. The van der Waals surface area contributed by atoms with E-state index in [0.29, 0.717) is 16.7 Å². The first kappa shape index (κ1) is 12.1. The molecule has 0 saturated carbocycles. The fraction of sp³-hybridized carbons (Fsp3) is 0.143. The zero-order valence-corrected chi connectivity index (χ0v) is 10.8. The quantitative estimate of drug-likeness (QED) is 0.702. The highest BCUT2D eigenvalue weighted by Gasteiger charge is 2.14. The van der Waals surface area contributed by atoms with E-state index in [0.717, 1.165) is 5.69 Å². The zero-order valence-electron chi connectivity index (χ0n) is 10.8. The maximum absolute atomic E-state index is 12.3. The van der Waals surface area contributed by atoms with E-state index in [9.17, 15) is 4.79 Å².